The lowest BCUT2D eigenvalue weighted by Gasteiger charge is -2.36. The van der Waals surface area contributed by atoms with Crippen molar-refractivity contribution in [3.05, 3.63) is 35.9 Å². The van der Waals surface area contributed by atoms with Gasteiger partial charge in [-0.15, -0.1) is 0 Å². The van der Waals surface area contributed by atoms with Crippen LogP contribution in [-0.4, -0.2) is 30.4 Å². The lowest BCUT2D eigenvalue weighted by Crippen LogP contribution is -2.45. The van der Waals surface area contributed by atoms with Crippen molar-refractivity contribution in [2.75, 3.05) is 19.6 Å². The average molecular weight is 288 g/mol. The molecule has 2 rings (SSSR count). The standard InChI is InChI=1S/C18H28N2O/c1-3-14(2)17(16-9-5-4-6-10-16)18(21)20-11-7-8-15(12-19)13-20/h4-6,9-10,14-15,17H,3,7-8,11-13,19H2,1-2H3. The van der Waals surface area contributed by atoms with Gasteiger partial charge in [0.2, 0.25) is 5.91 Å². The van der Waals surface area contributed by atoms with Crippen LogP contribution in [0, 0.1) is 11.8 Å². The zero-order chi connectivity index (χ0) is 15.2. The molecule has 0 bridgehead atoms. The minimum atomic E-state index is -0.0206. The van der Waals surface area contributed by atoms with Crippen LogP contribution >= 0.6 is 0 Å². The van der Waals surface area contributed by atoms with Crippen LogP contribution in [0.2, 0.25) is 0 Å². The van der Waals surface area contributed by atoms with E-state index in [1.165, 1.54) is 0 Å². The molecule has 0 aliphatic carbocycles. The number of carbonyl (C=O) groups is 1. The van der Waals surface area contributed by atoms with Crippen molar-refractivity contribution in [2.45, 2.75) is 39.0 Å². The Hall–Kier alpha value is -1.35. The Morgan fingerprint density at radius 1 is 1.38 bits per heavy atom. The predicted octanol–water partition coefficient (Wildman–Crippen LogP) is 3.01. The molecule has 0 spiro atoms. The van der Waals surface area contributed by atoms with Crippen LogP contribution in [0.4, 0.5) is 0 Å². The van der Waals surface area contributed by atoms with Crippen molar-refractivity contribution in [1.29, 1.82) is 0 Å². The minimum Gasteiger partial charge on any atom is -0.342 e. The topological polar surface area (TPSA) is 46.3 Å². The first-order valence-corrected chi connectivity index (χ1v) is 8.21. The molecule has 3 nitrogen and oxygen atoms in total. The Morgan fingerprint density at radius 2 is 2.10 bits per heavy atom. The number of amides is 1. The van der Waals surface area contributed by atoms with Crippen LogP contribution in [0.15, 0.2) is 30.3 Å². The Morgan fingerprint density at radius 3 is 2.71 bits per heavy atom. The lowest BCUT2D eigenvalue weighted by atomic mass is 9.83. The highest BCUT2D eigenvalue weighted by Crippen LogP contribution is 2.30. The van der Waals surface area contributed by atoms with Crippen LogP contribution in [0.5, 0.6) is 0 Å². The summed E-state index contributed by atoms with van der Waals surface area (Å²) in [5.74, 6) is 1.09. The number of benzene rings is 1. The summed E-state index contributed by atoms with van der Waals surface area (Å²) in [5, 5.41) is 0. The SMILES string of the molecule is CCC(C)C(C(=O)N1CCCC(CN)C1)c1ccccc1. The van der Waals surface area contributed by atoms with E-state index >= 15 is 0 Å². The Kier molecular flexibility index (Phi) is 5.80. The molecule has 3 atom stereocenters. The van der Waals surface area contributed by atoms with Crippen molar-refractivity contribution >= 4 is 5.91 Å². The summed E-state index contributed by atoms with van der Waals surface area (Å²) >= 11 is 0. The van der Waals surface area contributed by atoms with Gasteiger partial charge in [0.25, 0.3) is 0 Å². The maximum absolute atomic E-state index is 13.0. The molecule has 116 valence electrons. The number of likely N-dealkylation sites (tertiary alicyclic amines) is 1. The van der Waals surface area contributed by atoms with Crippen LogP contribution in [-0.2, 0) is 4.79 Å². The molecule has 0 saturated carbocycles. The monoisotopic (exact) mass is 288 g/mol. The van der Waals surface area contributed by atoms with E-state index in [2.05, 4.69) is 26.0 Å². The number of carbonyl (C=O) groups excluding carboxylic acids is 1. The van der Waals surface area contributed by atoms with Crippen LogP contribution in [0.25, 0.3) is 0 Å². The van der Waals surface area contributed by atoms with Gasteiger partial charge in [-0.05, 0) is 36.8 Å². The molecule has 21 heavy (non-hydrogen) atoms. The molecule has 2 N–H and O–H groups in total. The maximum atomic E-state index is 13.0. The molecule has 0 aromatic heterocycles. The summed E-state index contributed by atoms with van der Waals surface area (Å²) in [6, 6.07) is 10.2. The minimum absolute atomic E-state index is 0.0206. The predicted molar refractivity (Wildman–Crippen MR) is 87.0 cm³/mol. The van der Waals surface area contributed by atoms with Crippen LogP contribution in [0.3, 0.4) is 0 Å². The highest BCUT2D eigenvalue weighted by Gasteiger charge is 2.32. The first-order chi connectivity index (χ1) is 10.2. The van der Waals surface area contributed by atoms with Crippen molar-refractivity contribution in [1.82, 2.24) is 4.90 Å². The van der Waals surface area contributed by atoms with Gasteiger partial charge in [0.1, 0.15) is 0 Å². The van der Waals surface area contributed by atoms with Gasteiger partial charge in [-0.1, -0.05) is 50.6 Å². The first kappa shape index (κ1) is 16.0. The van der Waals surface area contributed by atoms with Crippen molar-refractivity contribution in [2.24, 2.45) is 17.6 Å². The second kappa shape index (κ2) is 7.60. The summed E-state index contributed by atoms with van der Waals surface area (Å²) in [6.07, 6.45) is 3.24. The summed E-state index contributed by atoms with van der Waals surface area (Å²) < 4.78 is 0. The second-order valence-electron chi connectivity index (χ2n) is 6.30. The van der Waals surface area contributed by atoms with Crippen molar-refractivity contribution in [3.63, 3.8) is 0 Å². The molecule has 1 saturated heterocycles. The zero-order valence-electron chi connectivity index (χ0n) is 13.3. The highest BCUT2D eigenvalue weighted by molar-refractivity contribution is 5.84. The maximum Gasteiger partial charge on any atom is 0.230 e. The van der Waals surface area contributed by atoms with Gasteiger partial charge in [-0.3, -0.25) is 4.79 Å². The normalized spacial score (nSPS) is 21.9. The van der Waals surface area contributed by atoms with Crippen LogP contribution in [0.1, 0.15) is 44.6 Å². The van der Waals surface area contributed by atoms with Gasteiger partial charge in [0.05, 0.1) is 5.92 Å². The molecule has 1 aromatic carbocycles. The van der Waals surface area contributed by atoms with E-state index in [-0.39, 0.29) is 11.8 Å². The quantitative estimate of drug-likeness (QED) is 0.905. The zero-order valence-corrected chi connectivity index (χ0v) is 13.3. The smallest absolute Gasteiger partial charge is 0.230 e. The molecule has 1 heterocycles. The van der Waals surface area contributed by atoms with Gasteiger partial charge >= 0.3 is 0 Å². The van der Waals surface area contributed by atoms with Gasteiger partial charge in [0, 0.05) is 13.1 Å². The van der Waals surface area contributed by atoms with E-state index < -0.39 is 0 Å². The third kappa shape index (κ3) is 3.85. The molecular formula is C18H28N2O. The number of hydrogen-bond donors (Lipinski definition) is 1. The third-order valence-electron chi connectivity index (χ3n) is 4.80. The van der Waals surface area contributed by atoms with Crippen molar-refractivity contribution in [3.8, 4) is 0 Å². The van der Waals surface area contributed by atoms with Gasteiger partial charge in [-0.2, -0.15) is 0 Å². The summed E-state index contributed by atoms with van der Waals surface area (Å²) in [6.45, 7) is 6.74. The second-order valence-corrected chi connectivity index (χ2v) is 6.30. The fourth-order valence-corrected chi connectivity index (χ4v) is 3.26. The largest absolute Gasteiger partial charge is 0.342 e. The Bertz CT molecular complexity index is 446. The van der Waals surface area contributed by atoms with Gasteiger partial charge in [-0.25, -0.2) is 0 Å². The molecule has 1 amide bonds. The van der Waals surface area contributed by atoms with E-state index in [9.17, 15) is 4.79 Å². The fraction of sp³-hybridized carbons (Fsp3) is 0.611. The lowest BCUT2D eigenvalue weighted by molar-refractivity contribution is -0.135. The number of nitrogens with two attached hydrogens (primary N) is 1. The molecule has 1 aliphatic rings. The van der Waals surface area contributed by atoms with E-state index in [0.29, 0.717) is 18.4 Å². The number of rotatable bonds is 5. The fourth-order valence-electron chi connectivity index (χ4n) is 3.26. The first-order valence-electron chi connectivity index (χ1n) is 8.21. The molecule has 3 heteroatoms. The summed E-state index contributed by atoms with van der Waals surface area (Å²) in [4.78, 5) is 15.1. The number of piperidine rings is 1. The average Bonchev–Trinajstić information content (AvgIpc) is 2.55. The molecule has 1 aliphatic heterocycles. The molecule has 1 fully saturated rings. The number of hydrogen-bond acceptors (Lipinski definition) is 2. The number of nitrogens with zero attached hydrogens (tertiary/aromatic N) is 1. The van der Waals surface area contributed by atoms with E-state index in [1.807, 2.05) is 23.1 Å². The third-order valence-corrected chi connectivity index (χ3v) is 4.80. The van der Waals surface area contributed by atoms with Gasteiger partial charge < -0.3 is 10.6 Å². The molecule has 3 unspecified atom stereocenters. The van der Waals surface area contributed by atoms with E-state index in [1.54, 1.807) is 0 Å². The van der Waals surface area contributed by atoms with E-state index in [4.69, 9.17) is 5.73 Å². The van der Waals surface area contributed by atoms with Crippen molar-refractivity contribution < 1.29 is 4.79 Å². The van der Waals surface area contributed by atoms with E-state index in [0.717, 1.165) is 37.9 Å². The van der Waals surface area contributed by atoms with Crippen LogP contribution < -0.4 is 5.73 Å². The Labute approximate surface area is 128 Å². The summed E-state index contributed by atoms with van der Waals surface area (Å²) in [7, 11) is 0. The Balaban J connectivity index is 2.18. The van der Waals surface area contributed by atoms with Gasteiger partial charge in [0.15, 0.2) is 0 Å². The summed E-state index contributed by atoms with van der Waals surface area (Å²) in [5.41, 5.74) is 6.95. The highest BCUT2D eigenvalue weighted by atomic mass is 16.2. The molecule has 0 radical (unpaired) electrons. The molecule has 1 aromatic rings. The molecular weight excluding hydrogens is 260 g/mol.